The zero-order valence-corrected chi connectivity index (χ0v) is 12.5. The molecule has 118 valence electrons. The van der Waals surface area contributed by atoms with Crippen molar-refractivity contribution in [2.24, 2.45) is 5.73 Å². The van der Waals surface area contributed by atoms with E-state index in [1.165, 1.54) is 19.1 Å². The highest BCUT2D eigenvalue weighted by molar-refractivity contribution is 7.98. The molecule has 0 spiro atoms. The van der Waals surface area contributed by atoms with E-state index in [4.69, 9.17) is 10.5 Å². The molecule has 0 aromatic heterocycles. The zero-order chi connectivity index (χ0) is 16.9. The second kappa shape index (κ2) is 7.41. The number of ether oxygens (including phenoxy) is 1. The van der Waals surface area contributed by atoms with E-state index in [1.54, 1.807) is 11.6 Å². The number of nitro benzene ring substituents is 1. The highest BCUT2D eigenvalue weighted by atomic mass is 32.2. The molecule has 3 N–H and O–H groups in total. The number of thioether (sulfide) groups is 1. The molecule has 10 heteroatoms. The van der Waals surface area contributed by atoms with E-state index in [-0.39, 0.29) is 11.3 Å². The third-order valence-electron chi connectivity index (χ3n) is 2.51. The van der Waals surface area contributed by atoms with E-state index in [9.17, 15) is 24.5 Å². The van der Waals surface area contributed by atoms with Gasteiger partial charge in [0.05, 0.1) is 15.4 Å². The van der Waals surface area contributed by atoms with Gasteiger partial charge in [0.1, 0.15) is 0 Å². The largest absolute Gasteiger partial charge is 0.449 e. The van der Waals surface area contributed by atoms with Crippen molar-refractivity contribution < 1.29 is 24.0 Å². The van der Waals surface area contributed by atoms with Crippen molar-refractivity contribution in [3.05, 3.63) is 33.9 Å². The van der Waals surface area contributed by atoms with E-state index in [0.717, 1.165) is 17.8 Å². The van der Waals surface area contributed by atoms with Gasteiger partial charge in [0.2, 0.25) is 0 Å². The minimum atomic E-state index is -1.28. The van der Waals surface area contributed by atoms with Crippen LogP contribution in [0.5, 0.6) is 0 Å². The van der Waals surface area contributed by atoms with Crippen molar-refractivity contribution >= 4 is 35.4 Å². The van der Waals surface area contributed by atoms with Crippen LogP contribution in [0.4, 0.5) is 10.5 Å². The molecular formula is C12H13N3O6S. The van der Waals surface area contributed by atoms with E-state index < -0.39 is 28.9 Å². The number of imide groups is 1. The molecule has 0 saturated carbocycles. The number of carbonyl (C=O) groups excluding carboxylic acids is 3. The molecule has 0 bridgehead atoms. The van der Waals surface area contributed by atoms with Crippen LogP contribution in [0.3, 0.4) is 0 Å². The van der Waals surface area contributed by atoms with E-state index in [0.29, 0.717) is 4.90 Å². The Hall–Kier alpha value is -2.62. The molecule has 0 aliphatic carbocycles. The molecule has 0 aliphatic rings. The molecule has 0 fully saturated rings. The molecule has 1 aromatic rings. The fourth-order valence-corrected chi connectivity index (χ4v) is 2.01. The van der Waals surface area contributed by atoms with Crippen molar-refractivity contribution in [2.45, 2.75) is 17.9 Å². The maximum absolute atomic E-state index is 11.9. The first kappa shape index (κ1) is 17.4. The lowest BCUT2D eigenvalue weighted by molar-refractivity contribution is -0.387. The summed E-state index contributed by atoms with van der Waals surface area (Å²) in [6, 6.07) is 2.74. The predicted molar refractivity (Wildman–Crippen MR) is 77.5 cm³/mol. The number of nitro groups is 1. The highest BCUT2D eigenvalue weighted by Crippen LogP contribution is 2.28. The summed E-state index contributed by atoms with van der Waals surface area (Å²) in [5.41, 5.74) is 4.45. The standard InChI is InChI=1S/C12H13N3O6S/c1-6(10(16)14-12(13)18)21-11(17)7-3-4-9(22-2)8(5-7)15(19)20/h3-6H,1-2H3,(H3,13,14,16,18)/t6-/m0/s1. The number of nitrogens with two attached hydrogens (primary N) is 1. The number of carbonyl (C=O) groups is 3. The first-order valence-corrected chi connectivity index (χ1v) is 7.12. The van der Waals surface area contributed by atoms with Crippen molar-refractivity contribution in [1.29, 1.82) is 0 Å². The van der Waals surface area contributed by atoms with E-state index in [1.807, 2.05) is 0 Å². The molecule has 9 nitrogen and oxygen atoms in total. The van der Waals surface area contributed by atoms with Gasteiger partial charge in [0.25, 0.3) is 11.6 Å². The lowest BCUT2D eigenvalue weighted by atomic mass is 10.2. The third-order valence-corrected chi connectivity index (χ3v) is 3.30. The van der Waals surface area contributed by atoms with Crippen molar-refractivity contribution in [3.63, 3.8) is 0 Å². The minimum absolute atomic E-state index is 0.0803. The minimum Gasteiger partial charge on any atom is -0.449 e. The maximum atomic E-state index is 11.9. The Labute approximate surface area is 129 Å². The monoisotopic (exact) mass is 327 g/mol. The van der Waals surface area contributed by atoms with Gasteiger partial charge in [0.15, 0.2) is 6.10 Å². The quantitative estimate of drug-likeness (QED) is 0.356. The van der Waals surface area contributed by atoms with Gasteiger partial charge in [-0.25, -0.2) is 9.59 Å². The molecule has 1 rings (SSSR count). The Morgan fingerprint density at radius 1 is 1.41 bits per heavy atom. The summed E-state index contributed by atoms with van der Waals surface area (Å²) in [6.07, 6.45) is 0.385. The SMILES string of the molecule is CSc1ccc(C(=O)O[C@@H](C)C(=O)NC(N)=O)cc1[N+](=O)[O-]. The van der Waals surface area contributed by atoms with Gasteiger partial charge in [-0.05, 0) is 25.3 Å². The first-order valence-electron chi connectivity index (χ1n) is 5.90. The number of hydrogen-bond acceptors (Lipinski definition) is 7. The number of nitrogens with one attached hydrogen (secondary N) is 1. The number of esters is 1. The van der Waals surface area contributed by atoms with Gasteiger partial charge in [-0.2, -0.15) is 0 Å². The fraction of sp³-hybridized carbons (Fsp3) is 0.250. The number of primary amides is 1. The lowest BCUT2D eigenvalue weighted by Crippen LogP contribution is -2.42. The summed E-state index contributed by atoms with van der Waals surface area (Å²) in [6.45, 7) is 1.24. The summed E-state index contributed by atoms with van der Waals surface area (Å²) < 4.78 is 4.82. The first-order chi connectivity index (χ1) is 10.3. The fourth-order valence-electron chi connectivity index (χ4n) is 1.46. The van der Waals surface area contributed by atoms with Gasteiger partial charge in [-0.15, -0.1) is 11.8 Å². The third kappa shape index (κ3) is 4.45. The molecule has 22 heavy (non-hydrogen) atoms. The van der Waals surface area contributed by atoms with Gasteiger partial charge >= 0.3 is 12.0 Å². The topological polar surface area (TPSA) is 142 Å². The van der Waals surface area contributed by atoms with Crippen LogP contribution in [0.1, 0.15) is 17.3 Å². The number of amides is 3. The van der Waals surface area contributed by atoms with Gasteiger partial charge in [-0.1, -0.05) is 0 Å². The van der Waals surface area contributed by atoms with Crippen LogP contribution >= 0.6 is 11.8 Å². The molecule has 1 atom stereocenters. The highest BCUT2D eigenvalue weighted by Gasteiger charge is 2.22. The number of benzene rings is 1. The van der Waals surface area contributed by atoms with Gasteiger partial charge in [-0.3, -0.25) is 20.2 Å². The van der Waals surface area contributed by atoms with Gasteiger partial charge < -0.3 is 10.5 Å². The van der Waals surface area contributed by atoms with Crippen LogP contribution in [0.25, 0.3) is 0 Å². The van der Waals surface area contributed by atoms with Crippen LogP contribution in [0, 0.1) is 10.1 Å². The molecule has 0 saturated heterocycles. The van der Waals surface area contributed by atoms with E-state index >= 15 is 0 Å². The molecule has 1 aromatic carbocycles. The normalized spacial score (nSPS) is 11.4. The average molecular weight is 327 g/mol. The average Bonchev–Trinajstić information content (AvgIpc) is 2.45. The van der Waals surface area contributed by atoms with Crippen LogP contribution in [0.15, 0.2) is 23.1 Å². The van der Waals surface area contributed by atoms with Crippen LogP contribution < -0.4 is 11.1 Å². The van der Waals surface area contributed by atoms with Crippen molar-refractivity contribution in [1.82, 2.24) is 5.32 Å². The Morgan fingerprint density at radius 3 is 2.55 bits per heavy atom. The van der Waals surface area contributed by atoms with Crippen LogP contribution in [0.2, 0.25) is 0 Å². The Balaban J connectivity index is 2.90. The van der Waals surface area contributed by atoms with Crippen molar-refractivity contribution in [3.8, 4) is 0 Å². The Kier molecular flexibility index (Phi) is 5.87. The van der Waals surface area contributed by atoms with Gasteiger partial charge in [0, 0.05) is 6.07 Å². The number of urea groups is 1. The Bertz CT molecular complexity index is 633. The smallest absolute Gasteiger partial charge is 0.339 e. The summed E-state index contributed by atoms with van der Waals surface area (Å²) in [5, 5.41) is 12.7. The molecule has 0 unspecified atom stereocenters. The summed E-state index contributed by atoms with van der Waals surface area (Å²) in [5.74, 6) is -1.82. The summed E-state index contributed by atoms with van der Waals surface area (Å²) >= 11 is 1.16. The second-order valence-corrected chi connectivity index (χ2v) is 4.89. The number of hydrogen-bond donors (Lipinski definition) is 2. The summed E-state index contributed by atoms with van der Waals surface area (Å²) in [4.78, 5) is 44.5. The maximum Gasteiger partial charge on any atom is 0.339 e. The van der Waals surface area contributed by atoms with Crippen molar-refractivity contribution in [2.75, 3.05) is 6.26 Å². The van der Waals surface area contributed by atoms with Crippen LogP contribution in [-0.2, 0) is 9.53 Å². The zero-order valence-electron chi connectivity index (χ0n) is 11.7. The lowest BCUT2D eigenvalue weighted by Gasteiger charge is -2.12. The molecular weight excluding hydrogens is 314 g/mol. The molecule has 0 radical (unpaired) electrons. The van der Waals surface area contributed by atoms with E-state index in [2.05, 4.69) is 0 Å². The predicted octanol–water partition coefficient (Wildman–Crippen LogP) is 1.06. The number of nitrogens with zero attached hydrogens (tertiary/aromatic N) is 1. The number of rotatable bonds is 5. The molecule has 0 aliphatic heterocycles. The Morgan fingerprint density at radius 2 is 2.05 bits per heavy atom. The van der Waals surface area contributed by atoms with Crippen LogP contribution in [-0.4, -0.2) is 35.2 Å². The molecule has 0 heterocycles. The molecule has 3 amide bonds. The summed E-state index contributed by atoms with van der Waals surface area (Å²) in [7, 11) is 0. The second-order valence-electron chi connectivity index (χ2n) is 4.04.